The number of hydrogen-bond donors (Lipinski definition) is 0. The van der Waals surface area contributed by atoms with Crippen molar-refractivity contribution in [2.75, 3.05) is 6.54 Å². The zero-order valence-electron chi connectivity index (χ0n) is 14.9. The molecule has 3 rings (SSSR count). The molecule has 0 radical (unpaired) electrons. The first-order chi connectivity index (χ1) is 14.0. The molecule has 0 spiro atoms. The smallest absolute Gasteiger partial charge is 0.387 e. The van der Waals surface area contributed by atoms with Crippen molar-refractivity contribution in [3.63, 3.8) is 0 Å². The Kier molecular flexibility index (Phi) is 6.61. The standard InChI is InChI=1S/C20H15F4N3OS/c1-2-9-25-20-27(26-11-14-3-6-15(21)10-17(14)22)18(12-29-20)13-4-7-16(8-5-13)28-19(23)24/h2-8,10-12,19H,1,9H2. The highest BCUT2D eigenvalue weighted by atomic mass is 32.1. The van der Waals surface area contributed by atoms with E-state index < -0.39 is 18.2 Å². The van der Waals surface area contributed by atoms with Gasteiger partial charge in [-0.25, -0.2) is 13.5 Å². The maximum Gasteiger partial charge on any atom is 0.387 e. The van der Waals surface area contributed by atoms with E-state index in [1.807, 2.05) is 0 Å². The molecule has 0 saturated carbocycles. The second-order valence-electron chi connectivity index (χ2n) is 5.66. The molecule has 3 aromatic rings. The Labute approximate surface area is 167 Å². The lowest BCUT2D eigenvalue weighted by Crippen LogP contribution is -2.12. The Morgan fingerprint density at radius 3 is 2.55 bits per heavy atom. The molecule has 0 unspecified atom stereocenters. The van der Waals surface area contributed by atoms with E-state index in [4.69, 9.17) is 0 Å². The zero-order valence-corrected chi connectivity index (χ0v) is 15.8. The molecule has 0 fully saturated rings. The van der Waals surface area contributed by atoms with E-state index >= 15 is 0 Å². The highest BCUT2D eigenvalue weighted by molar-refractivity contribution is 7.07. The molecule has 0 N–H and O–H groups in total. The van der Waals surface area contributed by atoms with Crippen molar-refractivity contribution in [2.24, 2.45) is 10.1 Å². The molecule has 1 aromatic heterocycles. The molecule has 0 aliphatic carbocycles. The highest BCUT2D eigenvalue weighted by Crippen LogP contribution is 2.24. The molecule has 29 heavy (non-hydrogen) atoms. The minimum absolute atomic E-state index is 0.0268. The summed E-state index contributed by atoms with van der Waals surface area (Å²) < 4.78 is 57.5. The molecule has 150 valence electrons. The maximum absolute atomic E-state index is 13.9. The number of benzene rings is 2. The number of ether oxygens (including phenoxy) is 1. The molecule has 0 aliphatic heterocycles. The van der Waals surface area contributed by atoms with Crippen molar-refractivity contribution in [1.29, 1.82) is 0 Å². The van der Waals surface area contributed by atoms with Gasteiger partial charge in [-0.05, 0) is 36.4 Å². The number of rotatable bonds is 7. The predicted molar refractivity (Wildman–Crippen MR) is 104 cm³/mol. The SMILES string of the molecule is C=CCN=c1scc(-c2ccc(OC(F)F)cc2)n1N=Cc1ccc(F)cc1F. The number of nitrogens with zero attached hydrogens (tertiary/aromatic N) is 3. The van der Waals surface area contributed by atoms with E-state index in [1.165, 1.54) is 40.4 Å². The summed E-state index contributed by atoms with van der Waals surface area (Å²) in [5.74, 6) is -1.40. The van der Waals surface area contributed by atoms with Gasteiger partial charge >= 0.3 is 6.61 Å². The summed E-state index contributed by atoms with van der Waals surface area (Å²) in [4.78, 5) is 4.87. The van der Waals surface area contributed by atoms with E-state index in [2.05, 4.69) is 21.4 Å². The van der Waals surface area contributed by atoms with Gasteiger partial charge in [0.15, 0.2) is 0 Å². The van der Waals surface area contributed by atoms with Crippen LogP contribution in [0.2, 0.25) is 0 Å². The van der Waals surface area contributed by atoms with Gasteiger partial charge in [0, 0.05) is 22.6 Å². The summed E-state index contributed by atoms with van der Waals surface area (Å²) in [7, 11) is 0. The average Bonchev–Trinajstić information content (AvgIpc) is 3.08. The van der Waals surface area contributed by atoms with Crippen LogP contribution < -0.4 is 9.54 Å². The second-order valence-corrected chi connectivity index (χ2v) is 6.49. The number of alkyl halides is 2. The Balaban J connectivity index is 2.01. The monoisotopic (exact) mass is 421 g/mol. The van der Waals surface area contributed by atoms with Crippen LogP contribution in [0.1, 0.15) is 5.56 Å². The first-order valence-corrected chi connectivity index (χ1v) is 9.22. The van der Waals surface area contributed by atoms with Crippen LogP contribution in [-0.2, 0) is 0 Å². The normalized spacial score (nSPS) is 12.1. The predicted octanol–water partition coefficient (Wildman–Crippen LogP) is 5.07. The first kappa shape index (κ1) is 20.5. The fourth-order valence-electron chi connectivity index (χ4n) is 2.39. The number of hydrogen-bond acceptors (Lipinski definition) is 4. The van der Waals surface area contributed by atoms with E-state index in [-0.39, 0.29) is 11.3 Å². The molecular weight excluding hydrogens is 406 g/mol. The van der Waals surface area contributed by atoms with Gasteiger partial charge in [-0.15, -0.1) is 17.9 Å². The Bertz CT molecular complexity index is 1090. The molecule has 0 amide bonds. The molecule has 0 saturated heterocycles. The average molecular weight is 421 g/mol. The lowest BCUT2D eigenvalue weighted by Gasteiger charge is -2.07. The fourth-order valence-corrected chi connectivity index (χ4v) is 3.24. The number of aromatic nitrogens is 1. The number of halogens is 4. The van der Waals surface area contributed by atoms with Crippen LogP contribution >= 0.6 is 11.3 Å². The molecule has 0 atom stereocenters. The van der Waals surface area contributed by atoms with Crippen molar-refractivity contribution in [3.05, 3.63) is 82.5 Å². The van der Waals surface area contributed by atoms with E-state index in [0.29, 0.717) is 22.6 Å². The van der Waals surface area contributed by atoms with Crippen LogP contribution in [-0.4, -0.2) is 24.0 Å². The van der Waals surface area contributed by atoms with Gasteiger partial charge in [0.1, 0.15) is 17.4 Å². The third kappa shape index (κ3) is 5.20. The van der Waals surface area contributed by atoms with Gasteiger partial charge < -0.3 is 4.74 Å². The minimum Gasteiger partial charge on any atom is -0.435 e. The summed E-state index contributed by atoms with van der Waals surface area (Å²) >= 11 is 1.30. The van der Waals surface area contributed by atoms with Gasteiger partial charge in [-0.3, -0.25) is 4.99 Å². The third-order valence-corrected chi connectivity index (χ3v) is 4.54. The summed E-state index contributed by atoms with van der Waals surface area (Å²) in [6.45, 7) is 1.06. The van der Waals surface area contributed by atoms with E-state index in [9.17, 15) is 17.6 Å². The lowest BCUT2D eigenvalue weighted by atomic mass is 10.2. The van der Waals surface area contributed by atoms with E-state index in [1.54, 1.807) is 23.6 Å². The molecular formula is C20H15F4N3OS. The summed E-state index contributed by atoms with van der Waals surface area (Å²) in [6.07, 6.45) is 2.87. The summed E-state index contributed by atoms with van der Waals surface area (Å²) in [6, 6.07) is 9.20. The van der Waals surface area contributed by atoms with Crippen molar-refractivity contribution >= 4 is 17.6 Å². The van der Waals surface area contributed by atoms with Crippen molar-refractivity contribution in [3.8, 4) is 17.0 Å². The van der Waals surface area contributed by atoms with Gasteiger partial charge in [0.05, 0.1) is 18.5 Å². The van der Waals surface area contributed by atoms with Gasteiger partial charge in [-0.2, -0.15) is 13.9 Å². The minimum atomic E-state index is -2.91. The van der Waals surface area contributed by atoms with Crippen LogP contribution in [0, 0.1) is 11.6 Å². The largest absolute Gasteiger partial charge is 0.435 e. The van der Waals surface area contributed by atoms with Gasteiger partial charge in [0.2, 0.25) is 4.80 Å². The second kappa shape index (κ2) is 9.33. The molecule has 9 heteroatoms. The molecule has 0 bridgehead atoms. The molecule has 0 aliphatic rings. The Morgan fingerprint density at radius 1 is 1.14 bits per heavy atom. The third-order valence-electron chi connectivity index (χ3n) is 3.69. The van der Waals surface area contributed by atoms with Crippen LogP contribution in [0.3, 0.4) is 0 Å². The van der Waals surface area contributed by atoms with Gasteiger partial charge in [-0.1, -0.05) is 6.08 Å². The zero-order chi connectivity index (χ0) is 20.8. The quantitative estimate of drug-likeness (QED) is 0.298. The molecule has 1 heterocycles. The van der Waals surface area contributed by atoms with Crippen LogP contribution in [0.15, 0.2) is 70.6 Å². The maximum atomic E-state index is 13.9. The molecule has 4 nitrogen and oxygen atoms in total. The number of thiazole rings is 1. The van der Waals surface area contributed by atoms with Crippen molar-refractivity contribution < 1.29 is 22.3 Å². The fraction of sp³-hybridized carbons (Fsp3) is 0.100. The van der Waals surface area contributed by atoms with Crippen molar-refractivity contribution in [2.45, 2.75) is 6.61 Å². The first-order valence-electron chi connectivity index (χ1n) is 8.34. The van der Waals surface area contributed by atoms with Crippen molar-refractivity contribution in [1.82, 2.24) is 4.68 Å². The Hall–Kier alpha value is -3.20. The van der Waals surface area contributed by atoms with Gasteiger partial charge in [0.25, 0.3) is 0 Å². The summed E-state index contributed by atoms with van der Waals surface area (Å²) in [5.41, 5.74) is 1.38. The lowest BCUT2D eigenvalue weighted by molar-refractivity contribution is -0.0498. The highest BCUT2D eigenvalue weighted by Gasteiger charge is 2.10. The topological polar surface area (TPSA) is 38.9 Å². The van der Waals surface area contributed by atoms with Crippen LogP contribution in [0.4, 0.5) is 17.6 Å². The molecule has 2 aromatic carbocycles. The summed E-state index contributed by atoms with van der Waals surface area (Å²) in [5, 5.41) is 6.07. The van der Waals surface area contributed by atoms with Crippen LogP contribution in [0.5, 0.6) is 5.75 Å². The van der Waals surface area contributed by atoms with E-state index in [0.717, 1.165) is 12.1 Å². The van der Waals surface area contributed by atoms with Crippen LogP contribution in [0.25, 0.3) is 11.3 Å². The Morgan fingerprint density at radius 2 is 1.90 bits per heavy atom.